The predicted octanol–water partition coefficient (Wildman–Crippen LogP) is 3.92. The zero-order valence-electron chi connectivity index (χ0n) is 18.5. The van der Waals surface area contributed by atoms with Gasteiger partial charge in [0.15, 0.2) is 0 Å². The quantitative estimate of drug-likeness (QED) is 0.570. The van der Waals surface area contributed by atoms with Crippen molar-refractivity contribution in [1.29, 1.82) is 0 Å². The van der Waals surface area contributed by atoms with Crippen LogP contribution in [0.2, 0.25) is 0 Å². The second-order valence-corrected chi connectivity index (χ2v) is 8.11. The Morgan fingerprint density at radius 3 is 2.55 bits per heavy atom. The average Bonchev–Trinajstić information content (AvgIpc) is 2.83. The summed E-state index contributed by atoms with van der Waals surface area (Å²) in [5.74, 6) is 2.01. The largest absolute Gasteiger partial charge is 0.491 e. The van der Waals surface area contributed by atoms with E-state index >= 15 is 0 Å². The van der Waals surface area contributed by atoms with Gasteiger partial charge in [-0.25, -0.2) is 4.98 Å². The molecule has 5 nitrogen and oxygen atoms in total. The lowest BCUT2D eigenvalue weighted by Gasteiger charge is -2.35. The first-order valence-corrected chi connectivity index (χ1v) is 11.5. The van der Waals surface area contributed by atoms with Crippen LogP contribution in [0.3, 0.4) is 0 Å². The maximum Gasteiger partial charge on any atom is 0.136 e. The molecule has 1 aliphatic rings. The van der Waals surface area contributed by atoms with E-state index in [-0.39, 0.29) is 6.61 Å². The number of anilines is 1. The molecule has 0 unspecified atom stereocenters. The van der Waals surface area contributed by atoms with Crippen molar-refractivity contribution in [2.75, 3.05) is 50.8 Å². The second kappa shape index (κ2) is 10.6. The summed E-state index contributed by atoms with van der Waals surface area (Å²) in [4.78, 5) is 10.1. The number of fused-ring (bicyclic) bond motifs is 1. The summed E-state index contributed by atoms with van der Waals surface area (Å²) >= 11 is 0. The molecule has 0 amide bonds. The van der Waals surface area contributed by atoms with E-state index in [2.05, 4.69) is 53.1 Å². The molecular weight excluding hydrogens is 386 g/mol. The third kappa shape index (κ3) is 5.35. The summed E-state index contributed by atoms with van der Waals surface area (Å²) in [5, 5.41) is 11.6. The van der Waals surface area contributed by atoms with Gasteiger partial charge in [0.1, 0.15) is 18.2 Å². The number of rotatable bonds is 9. The van der Waals surface area contributed by atoms with Crippen LogP contribution in [0.1, 0.15) is 24.6 Å². The van der Waals surface area contributed by atoms with E-state index in [1.165, 1.54) is 16.3 Å². The Labute approximate surface area is 185 Å². The molecule has 31 heavy (non-hydrogen) atoms. The van der Waals surface area contributed by atoms with Crippen molar-refractivity contribution in [3.05, 3.63) is 65.9 Å². The molecule has 0 bridgehead atoms. The minimum Gasteiger partial charge on any atom is -0.491 e. The number of para-hydroxylation sites is 1. The lowest BCUT2D eigenvalue weighted by atomic mass is 10.0. The monoisotopic (exact) mass is 419 g/mol. The number of aliphatic hydroxyl groups is 1. The molecule has 0 saturated carbocycles. The zero-order chi connectivity index (χ0) is 21.5. The Morgan fingerprint density at radius 1 is 0.968 bits per heavy atom. The molecule has 1 fully saturated rings. The number of likely N-dealkylation sites (N-methyl/N-ethyl adjacent to an activating group) is 1. The summed E-state index contributed by atoms with van der Waals surface area (Å²) in [6.07, 6.45) is 2.87. The van der Waals surface area contributed by atoms with Crippen molar-refractivity contribution >= 4 is 16.6 Å². The SMILES string of the molecule is CCN1CCN(c2nc(CCCc3ccccc3OCCO)cc3ccccc23)CC1. The Hall–Kier alpha value is -2.63. The average molecular weight is 420 g/mol. The van der Waals surface area contributed by atoms with Crippen LogP contribution in [-0.4, -0.2) is 60.9 Å². The number of ether oxygens (including phenoxy) is 1. The zero-order valence-corrected chi connectivity index (χ0v) is 18.5. The van der Waals surface area contributed by atoms with E-state index in [9.17, 15) is 0 Å². The van der Waals surface area contributed by atoms with Gasteiger partial charge in [-0.2, -0.15) is 0 Å². The molecular formula is C26H33N3O2. The fraction of sp³-hybridized carbons (Fsp3) is 0.423. The minimum absolute atomic E-state index is 0.0324. The Balaban J connectivity index is 1.49. The molecule has 2 aromatic carbocycles. The van der Waals surface area contributed by atoms with Gasteiger partial charge in [-0.3, -0.25) is 0 Å². The number of aliphatic hydroxyl groups excluding tert-OH is 1. The maximum absolute atomic E-state index is 9.05. The first kappa shape index (κ1) is 21.6. The molecule has 164 valence electrons. The fourth-order valence-corrected chi connectivity index (χ4v) is 4.35. The molecule has 1 aliphatic heterocycles. The highest BCUT2D eigenvalue weighted by molar-refractivity contribution is 5.92. The Kier molecular flexibility index (Phi) is 7.39. The molecule has 0 spiro atoms. The predicted molar refractivity (Wildman–Crippen MR) is 127 cm³/mol. The number of hydrogen-bond acceptors (Lipinski definition) is 5. The van der Waals surface area contributed by atoms with E-state index < -0.39 is 0 Å². The highest BCUT2D eigenvalue weighted by Gasteiger charge is 2.19. The van der Waals surface area contributed by atoms with E-state index in [0.29, 0.717) is 6.61 Å². The Bertz CT molecular complexity index is 983. The molecule has 0 atom stereocenters. The summed E-state index contributed by atoms with van der Waals surface area (Å²) in [7, 11) is 0. The number of pyridine rings is 1. The van der Waals surface area contributed by atoms with Crippen LogP contribution < -0.4 is 9.64 Å². The third-order valence-corrected chi connectivity index (χ3v) is 6.09. The number of aromatic nitrogens is 1. The Morgan fingerprint density at radius 2 is 1.74 bits per heavy atom. The van der Waals surface area contributed by atoms with Gasteiger partial charge in [0.05, 0.1) is 6.61 Å². The van der Waals surface area contributed by atoms with Crippen LogP contribution in [0.5, 0.6) is 5.75 Å². The summed E-state index contributed by atoms with van der Waals surface area (Å²) in [5.41, 5.74) is 2.34. The van der Waals surface area contributed by atoms with Gasteiger partial charge in [-0.05, 0) is 48.9 Å². The van der Waals surface area contributed by atoms with Crippen LogP contribution in [0, 0.1) is 0 Å². The molecule has 2 heterocycles. The van der Waals surface area contributed by atoms with Gasteiger partial charge in [0.25, 0.3) is 0 Å². The number of piperazine rings is 1. The van der Waals surface area contributed by atoms with Crippen molar-refractivity contribution in [3.63, 3.8) is 0 Å². The maximum atomic E-state index is 9.05. The van der Waals surface area contributed by atoms with Gasteiger partial charge in [0.2, 0.25) is 0 Å². The van der Waals surface area contributed by atoms with E-state index in [1.54, 1.807) is 0 Å². The first-order valence-electron chi connectivity index (χ1n) is 11.5. The molecule has 1 aromatic heterocycles. The van der Waals surface area contributed by atoms with Crippen molar-refractivity contribution in [2.24, 2.45) is 0 Å². The molecule has 1 saturated heterocycles. The number of aryl methyl sites for hydroxylation is 2. The van der Waals surface area contributed by atoms with Gasteiger partial charge < -0.3 is 19.6 Å². The second-order valence-electron chi connectivity index (χ2n) is 8.11. The van der Waals surface area contributed by atoms with Crippen LogP contribution in [0.4, 0.5) is 5.82 Å². The smallest absolute Gasteiger partial charge is 0.136 e. The standard InChI is InChI=1S/C26H33N3O2/c1-2-28-14-16-29(17-15-28)26-24-12-5-3-9-22(24)20-23(27-26)11-7-10-21-8-4-6-13-25(21)31-19-18-30/h3-6,8-9,12-13,20,30H,2,7,10-11,14-19H2,1H3. The van der Waals surface area contributed by atoms with Crippen molar-refractivity contribution in [2.45, 2.75) is 26.2 Å². The van der Waals surface area contributed by atoms with Crippen LogP contribution >= 0.6 is 0 Å². The normalized spacial score (nSPS) is 14.8. The molecule has 4 rings (SSSR count). The highest BCUT2D eigenvalue weighted by Crippen LogP contribution is 2.28. The van der Waals surface area contributed by atoms with Crippen LogP contribution in [0.15, 0.2) is 54.6 Å². The van der Waals surface area contributed by atoms with Gasteiger partial charge in [-0.1, -0.05) is 49.4 Å². The third-order valence-electron chi connectivity index (χ3n) is 6.09. The number of benzene rings is 2. The molecule has 0 aliphatic carbocycles. The van der Waals surface area contributed by atoms with E-state index in [4.69, 9.17) is 14.8 Å². The van der Waals surface area contributed by atoms with Crippen molar-refractivity contribution < 1.29 is 9.84 Å². The lowest BCUT2D eigenvalue weighted by molar-refractivity contribution is 0.200. The fourth-order valence-electron chi connectivity index (χ4n) is 4.35. The molecule has 5 heteroatoms. The number of nitrogens with zero attached hydrogens (tertiary/aromatic N) is 3. The molecule has 0 radical (unpaired) electrons. The first-order chi connectivity index (χ1) is 15.3. The van der Waals surface area contributed by atoms with Gasteiger partial charge in [0, 0.05) is 37.3 Å². The van der Waals surface area contributed by atoms with Gasteiger partial charge >= 0.3 is 0 Å². The topological polar surface area (TPSA) is 48.8 Å². The molecule has 3 aromatic rings. The summed E-state index contributed by atoms with van der Waals surface area (Å²) in [6.45, 7) is 7.97. The lowest BCUT2D eigenvalue weighted by Crippen LogP contribution is -2.46. The minimum atomic E-state index is 0.0324. The van der Waals surface area contributed by atoms with Crippen LogP contribution in [-0.2, 0) is 12.8 Å². The number of hydrogen-bond donors (Lipinski definition) is 1. The van der Waals surface area contributed by atoms with Crippen molar-refractivity contribution in [3.8, 4) is 5.75 Å². The van der Waals surface area contributed by atoms with E-state index in [0.717, 1.165) is 69.2 Å². The van der Waals surface area contributed by atoms with E-state index in [1.807, 2.05) is 18.2 Å². The van der Waals surface area contributed by atoms with Crippen molar-refractivity contribution in [1.82, 2.24) is 9.88 Å². The highest BCUT2D eigenvalue weighted by atomic mass is 16.5. The summed E-state index contributed by atoms with van der Waals surface area (Å²) in [6, 6.07) is 19.0. The summed E-state index contributed by atoms with van der Waals surface area (Å²) < 4.78 is 5.69. The molecule has 1 N–H and O–H groups in total. The van der Waals surface area contributed by atoms with Gasteiger partial charge in [-0.15, -0.1) is 0 Å². The van der Waals surface area contributed by atoms with Crippen LogP contribution in [0.25, 0.3) is 10.8 Å².